The largest absolute Gasteiger partial charge is 0.462 e. The van der Waals surface area contributed by atoms with Gasteiger partial charge in [0.25, 0.3) is 0 Å². The minimum Gasteiger partial charge on any atom is -0.462 e. The number of fused-ring (bicyclic) bond motifs is 3. The van der Waals surface area contributed by atoms with Crippen molar-refractivity contribution < 1.29 is 9.47 Å². The van der Waals surface area contributed by atoms with Crippen molar-refractivity contribution in [3.05, 3.63) is 53.6 Å². The molecular weight excluding hydrogens is 274 g/mol. The molecule has 1 aliphatic carbocycles. The molecule has 2 aromatic carbocycles. The van der Waals surface area contributed by atoms with Crippen LogP contribution in [0.25, 0.3) is 11.1 Å². The summed E-state index contributed by atoms with van der Waals surface area (Å²) in [5.41, 5.74) is 5.43. The molecular formula is C19H21NO2. The number of benzene rings is 2. The van der Waals surface area contributed by atoms with Gasteiger partial charge in [-0.3, -0.25) is 0 Å². The Morgan fingerprint density at radius 3 is 2.55 bits per heavy atom. The van der Waals surface area contributed by atoms with Crippen LogP contribution in [0.15, 0.2) is 42.5 Å². The summed E-state index contributed by atoms with van der Waals surface area (Å²) in [4.78, 5) is 0. The number of nitrogens with one attached hydrogen (secondary N) is 1. The van der Waals surface area contributed by atoms with Crippen LogP contribution in [-0.2, 0) is 11.2 Å². The zero-order valence-corrected chi connectivity index (χ0v) is 12.9. The lowest BCUT2D eigenvalue weighted by molar-refractivity contribution is -0.178. The standard InChI is InChI=1S/C19H21NO2/c1-21-19(8-10-20-11-9-19)22-16-6-7-18-15(13-16)12-14-4-2-3-5-17(14)18/h2-7,13,20H,8-12H2,1H3. The lowest BCUT2D eigenvalue weighted by Crippen LogP contribution is -2.47. The Bertz CT molecular complexity index is 690. The molecule has 0 atom stereocenters. The molecule has 0 spiro atoms. The van der Waals surface area contributed by atoms with Gasteiger partial charge in [0.05, 0.1) is 0 Å². The Morgan fingerprint density at radius 2 is 1.73 bits per heavy atom. The predicted octanol–water partition coefficient (Wildman–Crippen LogP) is 3.36. The highest BCUT2D eigenvalue weighted by Gasteiger charge is 2.34. The second kappa shape index (κ2) is 5.41. The molecule has 0 saturated carbocycles. The molecule has 0 amide bonds. The molecule has 0 bridgehead atoms. The van der Waals surface area contributed by atoms with Crippen molar-refractivity contribution in [2.45, 2.75) is 25.0 Å². The first-order chi connectivity index (χ1) is 10.8. The molecule has 1 saturated heterocycles. The van der Waals surface area contributed by atoms with Gasteiger partial charge in [-0.15, -0.1) is 0 Å². The van der Waals surface area contributed by atoms with E-state index in [1.807, 2.05) is 0 Å². The Kier molecular flexibility index (Phi) is 3.40. The van der Waals surface area contributed by atoms with E-state index < -0.39 is 5.79 Å². The Morgan fingerprint density at radius 1 is 0.955 bits per heavy atom. The Hall–Kier alpha value is -1.84. The van der Waals surface area contributed by atoms with Crippen LogP contribution in [0.2, 0.25) is 0 Å². The highest BCUT2D eigenvalue weighted by molar-refractivity contribution is 5.77. The maximum absolute atomic E-state index is 6.25. The van der Waals surface area contributed by atoms with Gasteiger partial charge in [-0.2, -0.15) is 0 Å². The van der Waals surface area contributed by atoms with E-state index in [0.717, 1.165) is 38.1 Å². The van der Waals surface area contributed by atoms with Crippen LogP contribution >= 0.6 is 0 Å². The molecule has 4 rings (SSSR count). The SMILES string of the molecule is COC1(Oc2ccc3c(c2)Cc2ccccc2-3)CCNCC1. The molecule has 114 valence electrons. The fourth-order valence-electron chi connectivity index (χ4n) is 3.56. The lowest BCUT2D eigenvalue weighted by Gasteiger charge is -2.36. The topological polar surface area (TPSA) is 30.5 Å². The summed E-state index contributed by atoms with van der Waals surface area (Å²) in [6.07, 6.45) is 2.74. The summed E-state index contributed by atoms with van der Waals surface area (Å²) >= 11 is 0. The molecule has 1 N–H and O–H groups in total. The van der Waals surface area contributed by atoms with Crippen LogP contribution in [0.3, 0.4) is 0 Å². The van der Waals surface area contributed by atoms with Crippen LogP contribution in [0, 0.1) is 0 Å². The van der Waals surface area contributed by atoms with Gasteiger partial charge in [0.2, 0.25) is 5.79 Å². The van der Waals surface area contributed by atoms with Crippen molar-refractivity contribution in [3.8, 4) is 16.9 Å². The molecule has 2 aromatic rings. The van der Waals surface area contributed by atoms with Gasteiger partial charge in [-0.1, -0.05) is 30.3 Å². The minimum absolute atomic E-state index is 0.481. The number of hydrogen-bond donors (Lipinski definition) is 1. The summed E-state index contributed by atoms with van der Waals surface area (Å²) < 4.78 is 12.0. The van der Waals surface area contributed by atoms with Gasteiger partial charge >= 0.3 is 0 Å². The number of ether oxygens (including phenoxy) is 2. The van der Waals surface area contributed by atoms with Gasteiger partial charge in [0.1, 0.15) is 5.75 Å². The van der Waals surface area contributed by atoms with E-state index in [0.29, 0.717) is 0 Å². The highest BCUT2D eigenvalue weighted by Crippen LogP contribution is 2.39. The van der Waals surface area contributed by atoms with Gasteiger partial charge < -0.3 is 14.8 Å². The average Bonchev–Trinajstić information content (AvgIpc) is 2.93. The second-order valence-electron chi connectivity index (χ2n) is 6.12. The predicted molar refractivity (Wildman–Crippen MR) is 87.2 cm³/mol. The number of methoxy groups -OCH3 is 1. The molecule has 3 nitrogen and oxygen atoms in total. The van der Waals surface area contributed by atoms with Gasteiger partial charge in [-0.05, 0) is 40.8 Å². The average molecular weight is 295 g/mol. The zero-order chi connectivity index (χ0) is 15.0. The molecule has 22 heavy (non-hydrogen) atoms. The van der Waals surface area contributed by atoms with Crippen LogP contribution in [0.5, 0.6) is 5.75 Å². The van der Waals surface area contributed by atoms with E-state index in [9.17, 15) is 0 Å². The quantitative estimate of drug-likeness (QED) is 0.752. The van der Waals surface area contributed by atoms with Crippen LogP contribution in [0.4, 0.5) is 0 Å². The van der Waals surface area contributed by atoms with Crippen LogP contribution < -0.4 is 10.1 Å². The minimum atomic E-state index is -0.481. The first kappa shape index (κ1) is 13.8. The molecule has 1 fully saturated rings. The van der Waals surface area contributed by atoms with Gasteiger partial charge in [-0.25, -0.2) is 0 Å². The van der Waals surface area contributed by atoms with Gasteiger partial charge in [0.15, 0.2) is 0 Å². The summed E-state index contributed by atoms with van der Waals surface area (Å²) in [6, 6.07) is 15.1. The van der Waals surface area contributed by atoms with Gasteiger partial charge in [0, 0.05) is 33.0 Å². The highest BCUT2D eigenvalue weighted by atomic mass is 16.7. The first-order valence-corrected chi connectivity index (χ1v) is 7.96. The number of rotatable bonds is 3. The van der Waals surface area contributed by atoms with Crippen molar-refractivity contribution in [2.75, 3.05) is 20.2 Å². The Labute approximate surface area is 131 Å². The van der Waals surface area contributed by atoms with Crippen molar-refractivity contribution in [3.63, 3.8) is 0 Å². The molecule has 1 heterocycles. The molecule has 0 radical (unpaired) electrons. The molecule has 0 unspecified atom stereocenters. The number of hydrogen-bond acceptors (Lipinski definition) is 3. The maximum Gasteiger partial charge on any atom is 0.212 e. The number of piperidine rings is 1. The fraction of sp³-hybridized carbons (Fsp3) is 0.368. The third kappa shape index (κ3) is 2.31. The summed E-state index contributed by atoms with van der Waals surface area (Å²) in [7, 11) is 1.74. The first-order valence-electron chi connectivity index (χ1n) is 7.96. The van der Waals surface area contributed by atoms with E-state index in [-0.39, 0.29) is 0 Å². The normalized spacial score (nSPS) is 18.6. The summed E-state index contributed by atoms with van der Waals surface area (Å²) in [5.74, 6) is 0.431. The van der Waals surface area contributed by atoms with E-state index in [1.54, 1.807) is 7.11 Å². The van der Waals surface area contributed by atoms with Crippen molar-refractivity contribution in [2.24, 2.45) is 0 Å². The van der Waals surface area contributed by atoms with Crippen LogP contribution in [0.1, 0.15) is 24.0 Å². The fourth-order valence-corrected chi connectivity index (χ4v) is 3.56. The third-order valence-electron chi connectivity index (χ3n) is 4.81. The Balaban J connectivity index is 1.62. The zero-order valence-electron chi connectivity index (χ0n) is 12.9. The van der Waals surface area contributed by atoms with Crippen molar-refractivity contribution in [1.29, 1.82) is 0 Å². The van der Waals surface area contributed by atoms with E-state index in [1.165, 1.54) is 22.3 Å². The second-order valence-corrected chi connectivity index (χ2v) is 6.12. The molecule has 1 aliphatic heterocycles. The molecule has 3 heteroatoms. The smallest absolute Gasteiger partial charge is 0.212 e. The third-order valence-corrected chi connectivity index (χ3v) is 4.81. The van der Waals surface area contributed by atoms with E-state index in [4.69, 9.17) is 9.47 Å². The van der Waals surface area contributed by atoms with E-state index >= 15 is 0 Å². The van der Waals surface area contributed by atoms with Crippen molar-refractivity contribution >= 4 is 0 Å². The van der Waals surface area contributed by atoms with Crippen LogP contribution in [-0.4, -0.2) is 26.0 Å². The monoisotopic (exact) mass is 295 g/mol. The summed E-state index contributed by atoms with van der Waals surface area (Å²) in [5, 5.41) is 3.35. The molecule has 0 aromatic heterocycles. The van der Waals surface area contributed by atoms with Crippen molar-refractivity contribution in [1.82, 2.24) is 5.32 Å². The maximum atomic E-state index is 6.25. The molecule has 2 aliphatic rings. The lowest BCUT2D eigenvalue weighted by atomic mass is 10.0. The summed E-state index contributed by atoms with van der Waals surface area (Å²) in [6.45, 7) is 1.87. The van der Waals surface area contributed by atoms with E-state index in [2.05, 4.69) is 47.8 Å².